The van der Waals surface area contributed by atoms with Crippen LogP contribution in [0.1, 0.15) is 18.4 Å². The zero-order valence-electron chi connectivity index (χ0n) is 8.48. The van der Waals surface area contributed by atoms with E-state index in [1.165, 1.54) is 0 Å². The summed E-state index contributed by atoms with van der Waals surface area (Å²) in [5.74, 6) is 0.317. The Bertz CT molecular complexity index is 442. The number of hydrogen-bond acceptors (Lipinski definition) is 3. The van der Waals surface area contributed by atoms with Crippen LogP contribution >= 0.6 is 15.9 Å². The standard InChI is InChI=1S/C11H11BrN2O2/c12-9-5-7(1-4-10(9)15)6-13-14-11(16)8-2-3-8/h1,4-6,8,15H,2-3H2,(H,14,16). The number of hydrazone groups is 1. The van der Waals surface area contributed by atoms with Crippen molar-refractivity contribution in [3.05, 3.63) is 28.2 Å². The highest BCUT2D eigenvalue weighted by Crippen LogP contribution is 2.28. The maximum absolute atomic E-state index is 11.2. The predicted molar refractivity (Wildman–Crippen MR) is 64.3 cm³/mol. The van der Waals surface area contributed by atoms with Gasteiger partial charge in [-0.2, -0.15) is 5.10 Å². The summed E-state index contributed by atoms with van der Waals surface area (Å²) in [6.45, 7) is 0. The Morgan fingerprint density at radius 1 is 1.56 bits per heavy atom. The van der Waals surface area contributed by atoms with Crippen LogP contribution in [0.25, 0.3) is 0 Å². The van der Waals surface area contributed by atoms with Gasteiger partial charge in [-0.15, -0.1) is 0 Å². The monoisotopic (exact) mass is 282 g/mol. The van der Waals surface area contributed by atoms with Gasteiger partial charge >= 0.3 is 0 Å². The number of nitrogens with one attached hydrogen (secondary N) is 1. The molecule has 5 heteroatoms. The molecule has 4 nitrogen and oxygen atoms in total. The lowest BCUT2D eigenvalue weighted by Gasteiger charge is -1.98. The molecule has 0 atom stereocenters. The molecule has 1 aliphatic carbocycles. The average molecular weight is 283 g/mol. The first kappa shape index (κ1) is 11.1. The minimum absolute atomic E-state index is 0.0194. The predicted octanol–water partition coefficient (Wildman–Crippen LogP) is 2.01. The van der Waals surface area contributed by atoms with E-state index in [1.807, 2.05) is 0 Å². The molecule has 1 aromatic carbocycles. The maximum atomic E-state index is 11.2. The Morgan fingerprint density at radius 3 is 2.94 bits per heavy atom. The molecule has 1 fully saturated rings. The molecular weight excluding hydrogens is 272 g/mol. The molecule has 1 aliphatic rings. The number of nitrogens with zero attached hydrogens (tertiary/aromatic N) is 1. The lowest BCUT2D eigenvalue weighted by molar-refractivity contribution is -0.122. The minimum Gasteiger partial charge on any atom is -0.507 e. The van der Waals surface area contributed by atoms with Crippen LogP contribution < -0.4 is 5.43 Å². The fraction of sp³-hybridized carbons (Fsp3) is 0.273. The SMILES string of the molecule is O=C(NN=Cc1ccc(O)c(Br)c1)C1CC1. The summed E-state index contributed by atoms with van der Waals surface area (Å²) in [5.41, 5.74) is 3.29. The van der Waals surface area contributed by atoms with Crippen LogP contribution in [0.2, 0.25) is 0 Å². The molecule has 2 N–H and O–H groups in total. The molecule has 1 saturated carbocycles. The Morgan fingerprint density at radius 2 is 2.31 bits per heavy atom. The molecule has 0 heterocycles. The summed E-state index contributed by atoms with van der Waals surface area (Å²) < 4.78 is 0.602. The first-order chi connectivity index (χ1) is 7.66. The summed E-state index contributed by atoms with van der Waals surface area (Å²) in [5, 5.41) is 13.1. The fourth-order valence-corrected chi connectivity index (χ4v) is 1.61. The van der Waals surface area contributed by atoms with Crippen molar-refractivity contribution in [2.75, 3.05) is 0 Å². The lowest BCUT2D eigenvalue weighted by atomic mass is 10.2. The number of benzene rings is 1. The van der Waals surface area contributed by atoms with Crippen molar-refractivity contribution >= 4 is 28.1 Å². The van der Waals surface area contributed by atoms with E-state index in [-0.39, 0.29) is 17.6 Å². The first-order valence-corrected chi connectivity index (χ1v) is 5.77. The highest BCUT2D eigenvalue weighted by Gasteiger charge is 2.29. The van der Waals surface area contributed by atoms with Gasteiger partial charge < -0.3 is 5.11 Å². The number of carbonyl (C=O) groups excluding carboxylic acids is 1. The number of hydrogen-bond donors (Lipinski definition) is 2. The molecule has 0 saturated heterocycles. The molecular formula is C11H11BrN2O2. The molecule has 1 aromatic rings. The van der Waals surface area contributed by atoms with Crippen molar-refractivity contribution in [1.82, 2.24) is 5.43 Å². The van der Waals surface area contributed by atoms with E-state index in [9.17, 15) is 9.90 Å². The van der Waals surface area contributed by atoms with E-state index in [0.29, 0.717) is 4.47 Å². The van der Waals surface area contributed by atoms with Gasteiger partial charge in [-0.1, -0.05) is 0 Å². The molecule has 84 valence electrons. The van der Waals surface area contributed by atoms with Crippen molar-refractivity contribution in [1.29, 1.82) is 0 Å². The van der Waals surface area contributed by atoms with E-state index < -0.39 is 0 Å². The van der Waals surface area contributed by atoms with Crippen molar-refractivity contribution in [2.24, 2.45) is 11.0 Å². The first-order valence-electron chi connectivity index (χ1n) is 4.98. The molecule has 16 heavy (non-hydrogen) atoms. The Hall–Kier alpha value is -1.36. The second kappa shape index (κ2) is 4.65. The van der Waals surface area contributed by atoms with Crippen LogP contribution in [-0.4, -0.2) is 17.2 Å². The zero-order valence-corrected chi connectivity index (χ0v) is 10.1. The summed E-state index contributed by atoms with van der Waals surface area (Å²) in [4.78, 5) is 11.2. The third-order valence-electron chi connectivity index (χ3n) is 2.31. The largest absolute Gasteiger partial charge is 0.507 e. The van der Waals surface area contributed by atoms with Crippen LogP contribution in [0.5, 0.6) is 5.75 Å². The highest BCUT2D eigenvalue weighted by atomic mass is 79.9. The van der Waals surface area contributed by atoms with Gasteiger partial charge in [0.05, 0.1) is 10.7 Å². The van der Waals surface area contributed by atoms with E-state index in [0.717, 1.165) is 18.4 Å². The van der Waals surface area contributed by atoms with Crippen LogP contribution in [0.3, 0.4) is 0 Å². The number of amides is 1. The van der Waals surface area contributed by atoms with Gasteiger partial charge in [-0.05, 0) is 52.5 Å². The van der Waals surface area contributed by atoms with Gasteiger partial charge in [-0.3, -0.25) is 4.79 Å². The van der Waals surface area contributed by atoms with Crippen LogP contribution in [0.15, 0.2) is 27.8 Å². The number of phenols is 1. The normalized spacial score (nSPS) is 15.3. The lowest BCUT2D eigenvalue weighted by Crippen LogP contribution is -2.18. The van der Waals surface area contributed by atoms with Gasteiger partial charge in [0.15, 0.2) is 0 Å². The molecule has 2 rings (SSSR count). The number of aromatic hydroxyl groups is 1. The number of halogens is 1. The molecule has 0 spiro atoms. The molecule has 0 unspecified atom stereocenters. The van der Waals surface area contributed by atoms with Crippen LogP contribution in [0, 0.1) is 5.92 Å². The van der Waals surface area contributed by atoms with Gasteiger partial charge in [0.25, 0.3) is 0 Å². The summed E-state index contributed by atoms with van der Waals surface area (Å²) >= 11 is 3.20. The van der Waals surface area contributed by atoms with E-state index >= 15 is 0 Å². The second-order valence-electron chi connectivity index (χ2n) is 3.72. The van der Waals surface area contributed by atoms with Gasteiger partial charge in [0, 0.05) is 5.92 Å². The fourth-order valence-electron chi connectivity index (χ4n) is 1.21. The second-order valence-corrected chi connectivity index (χ2v) is 4.57. The van der Waals surface area contributed by atoms with Gasteiger partial charge in [0.2, 0.25) is 5.91 Å². The van der Waals surface area contributed by atoms with Crippen molar-refractivity contribution in [3.8, 4) is 5.75 Å². The summed E-state index contributed by atoms with van der Waals surface area (Å²) in [6.07, 6.45) is 3.47. The Kier molecular flexibility index (Phi) is 3.24. The third kappa shape index (κ3) is 2.82. The molecule has 0 radical (unpaired) electrons. The summed E-state index contributed by atoms with van der Waals surface area (Å²) in [6, 6.07) is 5.00. The quantitative estimate of drug-likeness (QED) is 0.658. The van der Waals surface area contributed by atoms with Crippen molar-refractivity contribution in [3.63, 3.8) is 0 Å². The summed E-state index contributed by atoms with van der Waals surface area (Å²) in [7, 11) is 0. The van der Waals surface area contributed by atoms with Crippen molar-refractivity contribution in [2.45, 2.75) is 12.8 Å². The van der Waals surface area contributed by atoms with Gasteiger partial charge in [-0.25, -0.2) is 5.43 Å². The minimum atomic E-state index is -0.0194. The molecule has 0 aliphatic heterocycles. The van der Waals surface area contributed by atoms with Crippen LogP contribution in [-0.2, 0) is 4.79 Å². The topological polar surface area (TPSA) is 61.7 Å². The number of phenolic OH excluding ortho intramolecular Hbond substituents is 1. The number of rotatable bonds is 3. The highest BCUT2D eigenvalue weighted by molar-refractivity contribution is 9.10. The third-order valence-corrected chi connectivity index (χ3v) is 2.94. The zero-order chi connectivity index (χ0) is 11.5. The Balaban J connectivity index is 1.94. The maximum Gasteiger partial charge on any atom is 0.243 e. The number of carbonyl (C=O) groups is 1. The molecule has 1 amide bonds. The van der Waals surface area contributed by atoms with E-state index in [1.54, 1.807) is 24.4 Å². The van der Waals surface area contributed by atoms with Crippen molar-refractivity contribution < 1.29 is 9.90 Å². The average Bonchev–Trinajstić information content (AvgIpc) is 3.07. The van der Waals surface area contributed by atoms with Crippen LogP contribution in [0.4, 0.5) is 0 Å². The van der Waals surface area contributed by atoms with Gasteiger partial charge in [0.1, 0.15) is 5.75 Å². The van der Waals surface area contributed by atoms with E-state index in [2.05, 4.69) is 26.5 Å². The molecule has 0 aromatic heterocycles. The molecule has 0 bridgehead atoms. The Labute approximate surface area is 101 Å². The smallest absolute Gasteiger partial charge is 0.243 e. The van der Waals surface area contributed by atoms with E-state index in [4.69, 9.17) is 0 Å².